The van der Waals surface area contributed by atoms with E-state index in [1.807, 2.05) is 0 Å². The SMILES string of the molecule is CCCCC1=CCC=C(CCCC)c2[nH]ccc21. The number of hydrogen-bond donors (Lipinski definition) is 1. The Morgan fingerprint density at radius 3 is 2.39 bits per heavy atom. The van der Waals surface area contributed by atoms with E-state index in [-0.39, 0.29) is 0 Å². The third kappa shape index (κ3) is 2.95. The molecular formula is C17H25N. The molecule has 0 radical (unpaired) electrons. The molecule has 0 saturated heterocycles. The van der Waals surface area contributed by atoms with E-state index in [1.54, 1.807) is 0 Å². The largest absolute Gasteiger partial charge is 0.361 e. The number of rotatable bonds is 6. The van der Waals surface area contributed by atoms with E-state index >= 15 is 0 Å². The molecule has 1 aliphatic carbocycles. The van der Waals surface area contributed by atoms with Gasteiger partial charge in [0.15, 0.2) is 0 Å². The van der Waals surface area contributed by atoms with E-state index in [0.29, 0.717) is 0 Å². The molecule has 1 nitrogen and oxygen atoms in total. The number of allylic oxidation sites excluding steroid dienone is 4. The smallest absolute Gasteiger partial charge is 0.0486 e. The molecule has 1 aromatic heterocycles. The molecule has 2 rings (SSSR count). The number of aromatic nitrogens is 1. The summed E-state index contributed by atoms with van der Waals surface area (Å²) in [5.41, 5.74) is 5.88. The van der Waals surface area contributed by atoms with Crippen LogP contribution in [0, 0.1) is 0 Å². The lowest BCUT2D eigenvalue weighted by Gasteiger charge is -2.09. The summed E-state index contributed by atoms with van der Waals surface area (Å²) in [4.78, 5) is 3.45. The molecule has 1 heteroatoms. The maximum atomic E-state index is 3.45. The Morgan fingerprint density at radius 1 is 1.00 bits per heavy atom. The van der Waals surface area contributed by atoms with Crippen LogP contribution in [0.15, 0.2) is 24.4 Å². The Hall–Kier alpha value is -1.24. The van der Waals surface area contributed by atoms with Crippen LogP contribution in [-0.4, -0.2) is 4.98 Å². The molecule has 0 aliphatic heterocycles. The molecule has 1 heterocycles. The van der Waals surface area contributed by atoms with E-state index in [9.17, 15) is 0 Å². The van der Waals surface area contributed by atoms with Gasteiger partial charge in [0.1, 0.15) is 0 Å². The van der Waals surface area contributed by atoms with Gasteiger partial charge < -0.3 is 4.98 Å². The summed E-state index contributed by atoms with van der Waals surface area (Å²) in [5, 5.41) is 0. The first-order valence-electron chi connectivity index (χ1n) is 7.43. The van der Waals surface area contributed by atoms with Crippen LogP contribution in [0.5, 0.6) is 0 Å². The highest BCUT2D eigenvalue weighted by molar-refractivity contribution is 5.80. The zero-order valence-electron chi connectivity index (χ0n) is 11.8. The van der Waals surface area contributed by atoms with Crippen molar-refractivity contribution < 1.29 is 0 Å². The zero-order chi connectivity index (χ0) is 12.8. The second-order valence-corrected chi connectivity index (χ2v) is 5.17. The third-order valence-corrected chi connectivity index (χ3v) is 3.74. The number of fused-ring (bicyclic) bond motifs is 1. The van der Waals surface area contributed by atoms with Crippen LogP contribution in [0.4, 0.5) is 0 Å². The summed E-state index contributed by atoms with van der Waals surface area (Å²) in [6.07, 6.45) is 15.6. The van der Waals surface area contributed by atoms with Gasteiger partial charge in [0.05, 0.1) is 0 Å². The van der Waals surface area contributed by atoms with Crippen molar-refractivity contribution >= 4 is 11.1 Å². The molecule has 18 heavy (non-hydrogen) atoms. The second kappa shape index (κ2) is 6.63. The molecule has 0 saturated carbocycles. The molecule has 0 spiro atoms. The minimum absolute atomic E-state index is 1.10. The third-order valence-electron chi connectivity index (χ3n) is 3.74. The van der Waals surface area contributed by atoms with Gasteiger partial charge in [-0.15, -0.1) is 0 Å². The first-order chi connectivity index (χ1) is 8.86. The van der Waals surface area contributed by atoms with Crippen molar-refractivity contribution in [3.8, 4) is 0 Å². The topological polar surface area (TPSA) is 15.8 Å². The molecule has 98 valence electrons. The lowest BCUT2D eigenvalue weighted by molar-refractivity contribution is 0.819. The molecule has 0 atom stereocenters. The molecular weight excluding hydrogens is 218 g/mol. The van der Waals surface area contributed by atoms with E-state index in [1.165, 1.54) is 60.9 Å². The Labute approximate surface area is 111 Å². The predicted octanol–water partition coefficient (Wildman–Crippen LogP) is 5.57. The average molecular weight is 243 g/mol. The summed E-state index contributed by atoms with van der Waals surface area (Å²) < 4.78 is 0. The fourth-order valence-electron chi connectivity index (χ4n) is 2.66. The average Bonchev–Trinajstić information content (AvgIpc) is 2.80. The van der Waals surface area contributed by atoms with Crippen molar-refractivity contribution in [2.24, 2.45) is 0 Å². The minimum atomic E-state index is 1.10. The lowest BCUT2D eigenvalue weighted by Crippen LogP contribution is -1.91. The minimum Gasteiger partial charge on any atom is -0.361 e. The van der Waals surface area contributed by atoms with Crippen molar-refractivity contribution in [2.45, 2.75) is 58.8 Å². The molecule has 1 aliphatic rings. The van der Waals surface area contributed by atoms with E-state index in [2.05, 4.69) is 43.2 Å². The number of H-pyrrole nitrogens is 1. The van der Waals surface area contributed by atoms with Crippen molar-refractivity contribution in [3.05, 3.63) is 35.7 Å². The molecule has 0 fully saturated rings. The summed E-state index contributed by atoms with van der Waals surface area (Å²) in [6.45, 7) is 4.53. The van der Waals surface area contributed by atoms with Gasteiger partial charge in [0.2, 0.25) is 0 Å². The van der Waals surface area contributed by atoms with Crippen LogP contribution in [0.25, 0.3) is 11.1 Å². The van der Waals surface area contributed by atoms with Gasteiger partial charge in [-0.3, -0.25) is 0 Å². The van der Waals surface area contributed by atoms with Gasteiger partial charge in [0.25, 0.3) is 0 Å². The van der Waals surface area contributed by atoms with Crippen molar-refractivity contribution in [3.63, 3.8) is 0 Å². The highest BCUT2D eigenvalue weighted by atomic mass is 14.7. The van der Waals surface area contributed by atoms with Gasteiger partial charge in [-0.05, 0) is 49.3 Å². The van der Waals surface area contributed by atoms with Gasteiger partial charge >= 0.3 is 0 Å². The highest BCUT2D eigenvalue weighted by Crippen LogP contribution is 2.33. The van der Waals surface area contributed by atoms with Crippen molar-refractivity contribution in [1.29, 1.82) is 0 Å². The number of nitrogens with one attached hydrogen (secondary N) is 1. The van der Waals surface area contributed by atoms with Gasteiger partial charge in [-0.1, -0.05) is 38.8 Å². The molecule has 1 N–H and O–H groups in total. The highest BCUT2D eigenvalue weighted by Gasteiger charge is 2.14. The van der Waals surface area contributed by atoms with E-state index in [4.69, 9.17) is 0 Å². The van der Waals surface area contributed by atoms with Gasteiger partial charge in [-0.25, -0.2) is 0 Å². The van der Waals surface area contributed by atoms with Crippen LogP contribution in [-0.2, 0) is 0 Å². The maximum Gasteiger partial charge on any atom is 0.0486 e. The fraction of sp³-hybridized carbons (Fsp3) is 0.529. The molecule has 0 bridgehead atoms. The Balaban J connectivity index is 2.19. The van der Waals surface area contributed by atoms with Gasteiger partial charge in [-0.2, -0.15) is 0 Å². The molecule has 0 unspecified atom stereocenters. The molecule has 1 aromatic rings. The molecule has 0 amide bonds. The second-order valence-electron chi connectivity index (χ2n) is 5.17. The van der Waals surface area contributed by atoms with Crippen molar-refractivity contribution in [2.75, 3.05) is 0 Å². The van der Waals surface area contributed by atoms with Crippen LogP contribution >= 0.6 is 0 Å². The van der Waals surface area contributed by atoms with Crippen LogP contribution in [0.2, 0.25) is 0 Å². The monoisotopic (exact) mass is 243 g/mol. The number of aromatic amines is 1. The normalized spacial score (nSPS) is 14.8. The number of unbranched alkanes of at least 4 members (excludes halogenated alkanes) is 2. The zero-order valence-corrected chi connectivity index (χ0v) is 11.8. The lowest BCUT2D eigenvalue weighted by atomic mass is 9.97. The van der Waals surface area contributed by atoms with Gasteiger partial charge in [0, 0.05) is 17.5 Å². The quantitative estimate of drug-likeness (QED) is 0.672. The summed E-state index contributed by atoms with van der Waals surface area (Å²) in [7, 11) is 0. The summed E-state index contributed by atoms with van der Waals surface area (Å²) >= 11 is 0. The number of hydrogen-bond acceptors (Lipinski definition) is 0. The summed E-state index contributed by atoms with van der Waals surface area (Å²) in [5.74, 6) is 0. The van der Waals surface area contributed by atoms with Crippen molar-refractivity contribution in [1.82, 2.24) is 4.98 Å². The summed E-state index contributed by atoms with van der Waals surface area (Å²) in [6, 6.07) is 2.25. The first-order valence-corrected chi connectivity index (χ1v) is 7.43. The molecule has 0 aromatic carbocycles. The Kier molecular flexibility index (Phi) is 4.86. The first kappa shape index (κ1) is 13.2. The van der Waals surface area contributed by atoms with E-state index in [0.717, 1.165) is 6.42 Å². The maximum absolute atomic E-state index is 3.45. The van der Waals surface area contributed by atoms with E-state index < -0.39 is 0 Å². The fourth-order valence-corrected chi connectivity index (χ4v) is 2.66. The van der Waals surface area contributed by atoms with Crippen LogP contribution in [0.3, 0.4) is 0 Å². The Bertz CT molecular complexity index is 396. The Morgan fingerprint density at radius 2 is 1.67 bits per heavy atom. The predicted molar refractivity (Wildman–Crippen MR) is 80.4 cm³/mol. The standard InChI is InChI=1S/C17H25N/c1-3-5-8-14-10-7-11-15(9-6-4-2)17-16(14)12-13-18-17/h10-13,18H,3-9H2,1-2H3. The van der Waals surface area contributed by atoms with Crippen LogP contribution in [0.1, 0.15) is 70.1 Å². The van der Waals surface area contributed by atoms with Crippen LogP contribution < -0.4 is 0 Å².